The first-order chi connectivity index (χ1) is 16.7. The molecule has 4 rings (SSSR count). The van der Waals surface area contributed by atoms with Crippen molar-refractivity contribution in [2.75, 3.05) is 43.0 Å². The van der Waals surface area contributed by atoms with E-state index < -0.39 is 11.7 Å². The van der Waals surface area contributed by atoms with E-state index >= 15 is 0 Å². The minimum atomic E-state index is -4.44. The van der Waals surface area contributed by atoms with Crippen LogP contribution in [0.2, 0.25) is 0 Å². The summed E-state index contributed by atoms with van der Waals surface area (Å²) in [7, 11) is 0. The number of ether oxygens (including phenoxy) is 1. The molecule has 0 spiro atoms. The summed E-state index contributed by atoms with van der Waals surface area (Å²) >= 11 is 0. The zero-order chi connectivity index (χ0) is 25.0. The lowest BCUT2D eigenvalue weighted by atomic mass is 10.1. The standard InChI is InChI=1S/C25H26F3N5O2/c1-3-35-21-10-5-4-9-20(21)30-24(34)33-13-11-32(12-14-33)22-15-17(2)29-23(31-22)18-7-6-8-19(16-18)25(26,27)28/h4-10,15-16H,3,11-14H2,1-2H3,(H,30,34). The fourth-order valence-electron chi connectivity index (χ4n) is 3.86. The number of aromatic nitrogens is 2. The molecular weight excluding hydrogens is 459 g/mol. The van der Waals surface area contributed by atoms with Gasteiger partial charge in [-0.3, -0.25) is 0 Å². The maximum Gasteiger partial charge on any atom is 0.416 e. The van der Waals surface area contributed by atoms with E-state index in [9.17, 15) is 18.0 Å². The van der Waals surface area contributed by atoms with Gasteiger partial charge >= 0.3 is 12.2 Å². The monoisotopic (exact) mass is 485 g/mol. The lowest BCUT2D eigenvalue weighted by Gasteiger charge is -2.35. The normalized spacial score (nSPS) is 14.1. The average molecular weight is 486 g/mol. The van der Waals surface area contributed by atoms with Gasteiger partial charge in [-0.05, 0) is 38.1 Å². The summed E-state index contributed by atoms with van der Waals surface area (Å²) in [5.41, 5.74) is 0.817. The number of urea groups is 1. The number of hydrogen-bond acceptors (Lipinski definition) is 5. The second-order valence-corrected chi connectivity index (χ2v) is 8.10. The van der Waals surface area contributed by atoms with Gasteiger partial charge in [0, 0.05) is 43.5 Å². The Hall–Kier alpha value is -3.82. The first-order valence-electron chi connectivity index (χ1n) is 11.3. The molecule has 0 aliphatic carbocycles. The molecule has 2 aromatic carbocycles. The van der Waals surface area contributed by atoms with Crippen LogP contribution in [0.15, 0.2) is 54.6 Å². The highest BCUT2D eigenvalue weighted by molar-refractivity contribution is 5.91. The number of anilines is 2. The number of rotatable bonds is 5. The van der Waals surface area contributed by atoms with E-state index in [2.05, 4.69) is 15.3 Å². The molecule has 3 aromatic rings. The zero-order valence-corrected chi connectivity index (χ0v) is 19.5. The van der Waals surface area contributed by atoms with E-state index in [0.29, 0.717) is 61.3 Å². The number of para-hydroxylation sites is 2. The van der Waals surface area contributed by atoms with Gasteiger partial charge in [0.15, 0.2) is 5.82 Å². The summed E-state index contributed by atoms with van der Waals surface area (Å²) in [6.45, 7) is 6.13. The number of amides is 2. The molecule has 0 unspecified atom stereocenters. The van der Waals surface area contributed by atoms with Gasteiger partial charge in [-0.15, -0.1) is 0 Å². The first-order valence-corrected chi connectivity index (χ1v) is 11.3. The van der Waals surface area contributed by atoms with E-state index in [1.165, 1.54) is 6.07 Å². The van der Waals surface area contributed by atoms with E-state index in [1.807, 2.05) is 24.0 Å². The van der Waals surface area contributed by atoms with E-state index in [1.54, 1.807) is 36.1 Å². The summed E-state index contributed by atoms with van der Waals surface area (Å²) in [6.07, 6.45) is -4.44. The summed E-state index contributed by atoms with van der Waals surface area (Å²) in [4.78, 5) is 25.4. The number of piperazine rings is 1. The third-order valence-corrected chi connectivity index (χ3v) is 5.61. The maximum atomic E-state index is 13.1. The van der Waals surface area contributed by atoms with Gasteiger partial charge in [-0.2, -0.15) is 13.2 Å². The van der Waals surface area contributed by atoms with Crippen LogP contribution in [0.3, 0.4) is 0 Å². The second-order valence-electron chi connectivity index (χ2n) is 8.10. The van der Waals surface area contributed by atoms with Gasteiger partial charge < -0.3 is 19.9 Å². The van der Waals surface area contributed by atoms with Crippen LogP contribution in [0.25, 0.3) is 11.4 Å². The Balaban J connectivity index is 1.45. The van der Waals surface area contributed by atoms with Crippen molar-refractivity contribution in [1.82, 2.24) is 14.9 Å². The Morgan fingerprint density at radius 2 is 1.77 bits per heavy atom. The topological polar surface area (TPSA) is 70.6 Å². The number of carbonyl (C=O) groups is 1. The maximum absolute atomic E-state index is 13.1. The molecule has 7 nitrogen and oxygen atoms in total. The van der Waals surface area contributed by atoms with Crippen LogP contribution in [-0.2, 0) is 6.18 Å². The van der Waals surface area contributed by atoms with Crippen LogP contribution in [0.4, 0.5) is 29.5 Å². The highest BCUT2D eigenvalue weighted by atomic mass is 19.4. The molecule has 35 heavy (non-hydrogen) atoms. The predicted octanol–water partition coefficient (Wildman–Crippen LogP) is 5.22. The van der Waals surface area contributed by atoms with Crippen LogP contribution < -0.4 is 15.0 Å². The smallest absolute Gasteiger partial charge is 0.416 e. The van der Waals surface area contributed by atoms with E-state index in [4.69, 9.17) is 4.74 Å². The van der Waals surface area contributed by atoms with Gasteiger partial charge in [0.2, 0.25) is 0 Å². The Bertz CT molecular complexity index is 1190. The van der Waals surface area contributed by atoms with Crippen LogP contribution in [0.1, 0.15) is 18.2 Å². The van der Waals surface area contributed by atoms with Crippen molar-refractivity contribution in [3.8, 4) is 17.1 Å². The average Bonchev–Trinajstić information content (AvgIpc) is 2.85. The molecule has 1 aromatic heterocycles. The minimum absolute atomic E-state index is 0.222. The van der Waals surface area contributed by atoms with Crippen molar-refractivity contribution >= 4 is 17.5 Å². The summed E-state index contributed by atoms with van der Waals surface area (Å²) in [6, 6.07) is 13.8. The molecule has 1 saturated heterocycles. The van der Waals surface area contributed by atoms with Crippen molar-refractivity contribution in [2.24, 2.45) is 0 Å². The van der Waals surface area contributed by atoms with Crippen molar-refractivity contribution in [1.29, 1.82) is 0 Å². The molecule has 1 aliphatic rings. The highest BCUT2D eigenvalue weighted by Gasteiger charge is 2.31. The van der Waals surface area contributed by atoms with Crippen molar-refractivity contribution in [3.63, 3.8) is 0 Å². The fraction of sp³-hybridized carbons (Fsp3) is 0.320. The Labute approximate surface area is 201 Å². The quantitative estimate of drug-likeness (QED) is 0.536. The largest absolute Gasteiger partial charge is 0.492 e. The number of nitrogens with one attached hydrogen (secondary N) is 1. The molecule has 0 radical (unpaired) electrons. The SMILES string of the molecule is CCOc1ccccc1NC(=O)N1CCN(c2cc(C)nc(-c3cccc(C(F)(F)F)c3)n2)CC1. The number of hydrogen-bond donors (Lipinski definition) is 1. The summed E-state index contributed by atoms with van der Waals surface area (Å²) in [5, 5.41) is 2.90. The number of halogens is 3. The van der Waals surface area contributed by atoms with Crippen LogP contribution >= 0.6 is 0 Å². The summed E-state index contributed by atoms with van der Waals surface area (Å²) in [5.74, 6) is 1.46. The van der Waals surface area contributed by atoms with Crippen molar-refractivity contribution in [3.05, 3.63) is 65.9 Å². The van der Waals surface area contributed by atoms with Gasteiger partial charge in [0.05, 0.1) is 17.9 Å². The van der Waals surface area contributed by atoms with E-state index in [0.717, 1.165) is 12.1 Å². The minimum Gasteiger partial charge on any atom is -0.492 e. The molecule has 2 heterocycles. The summed E-state index contributed by atoms with van der Waals surface area (Å²) < 4.78 is 45.0. The predicted molar refractivity (Wildman–Crippen MR) is 128 cm³/mol. The Morgan fingerprint density at radius 1 is 1.03 bits per heavy atom. The van der Waals surface area contributed by atoms with Crippen LogP contribution in [0, 0.1) is 6.92 Å². The number of nitrogens with zero attached hydrogens (tertiary/aromatic N) is 4. The first kappa shape index (κ1) is 24.3. The second kappa shape index (κ2) is 10.2. The van der Waals surface area contributed by atoms with Crippen LogP contribution in [-0.4, -0.2) is 53.7 Å². The lowest BCUT2D eigenvalue weighted by molar-refractivity contribution is -0.137. The van der Waals surface area contributed by atoms with Gasteiger partial charge in [-0.25, -0.2) is 14.8 Å². The van der Waals surface area contributed by atoms with Crippen molar-refractivity contribution in [2.45, 2.75) is 20.0 Å². The van der Waals surface area contributed by atoms with Crippen LogP contribution in [0.5, 0.6) is 5.75 Å². The van der Waals surface area contributed by atoms with Gasteiger partial charge in [0.1, 0.15) is 11.6 Å². The molecule has 0 bridgehead atoms. The third kappa shape index (κ3) is 5.82. The lowest BCUT2D eigenvalue weighted by Crippen LogP contribution is -2.50. The zero-order valence-electron chi connectivity index (χ0n) is 19.5. The third-order valence-electron chi connectivity index (χ3n) is 5.61. The highest BCUT2D eigenvalue weighted by Crippen LogP contribution is 2.32. The molecule has 1 aliphatic heterocycles. The number of benzene rings is 2. The van der Waals surface area contributed by atoms with Gasteiger partial charge in [-0.1, -0.05) is 24.3 Å². The molecule has 1 fully saturated rings. The molecule has 1 N–H and O–H groups in total. The number of carbonyl (C=O) groups excluding carboxylic acids is 1. The van der Waals surface area contributed by atoms with Crippen molar-refractivity contribution < 1.29 is 22.7 Å². The van der Waals surface area contributed by atoms with E-state index in [-0.39, 0.29) is 11.9 Å². The molecule has 2 amide bonds. The Morgan fingerprint density at radius 3 is 2.49 bits per heavy atom. The number of aryl methyl sites for hydroxylation is 1. The molecule has 0 saturated carbocycles. The molecule has 10 heteroatoms. The molecule has 184 valence electrons. The fourth-order valence-corrected chi connectivity index (χ4v) is 3.86. The molecular formula is C25H26F3N5O2. The molecule has 0 atom stereocenters. The van der Waals surface area contributed by atoms with Gasteiger partial charge in [0.25, 0.3) is 0 Å². The number of alkyl halides is 3. The Kier molecular flexibility index (Phi) is 7.09.